The topological polar surface area (TPSA) is 193 Å². The van der Waals surface area contributed by atoms with Crippen LogP contribution in [-0.2, 0) is 16.0 Å². The summed E-state index contributed by atoms with van der Waals surface area (Å²) in [4.78, 5) is 42.5. The average molecular weight is 670 g/mol. The summed E-state index contributed by atoms with van der Waals surface area (Å²) in [6.07, 6.45) is -1.81. The van der Waals surface area contributed by atoms with Gasteiger partial charge in [-0.15, -0.1) is 0 Å². The Kier molecular flexibility index (Phi) is 6.67. The van der Waals surface area contributed by atoms with Crippen LogP contribution in [0, 0.1) is 11.8 Å². The summed E-state index contributed by atoms with van der Waals surface area (Å²) >= 11 is 0. The standard InChI is InChI=1S/C36H31NO12/c1-14(38)24-32(42)28(37(2)3)27-30(40)20-11-18-17(15-7-8-21-23(9-15)48-12-46-21)10-19(16-5-4-6-22-33(16)49-13-47-22)29(39)25(18)31(41)26(20)35(44)36(27,45)34(24)43/h4-10,20,27-28,30,39-40,42,44-45H,11-13H2,1-3H3/t20-,27-,28+,30+,36-/m1/s1. The van der Waals surface area contributed by atoms with Gasteiger partial charge in [0.25, 0.3) is 0 Å². The molecule has 13 heteroatoms. The molecule has 5 aliphatic rings. The summed E-state index contributed by atoms with van der Waals surface area (Å²) in [5.74, 6) is -6.31. The molecule has 252 valence electrons. The first-order valence-electron chi connectivity index (χ1n) is 15.6. The smallest absolute Gasteiger partial charge is 0.231 e. The van der Waals surface area contributed by atoms with E-state index in [1.54, 1.807) is 42.5 Å². The normalized spacial score (nSPS) is 26.6. The van der Waals surface area contributed by atoms with Gasteiger partial charge in [0, 0.05) is 22.6 Å². The van der Waals surface area contributed by atoms with Crippen LogP contribution in [0.1, 0.15) is 22.8 Å². The van der Waals surface area contributed by atoms with E-state index < -0.39 is 75.3 Å². The van der Waals surface area contributed by atoms with Gasteiger partial charge in [0.05, 0.1) is 23.6 Å². The number of phenolic OH excluding ortho intramolecular Hbond substituents is 1. The maximum Gasteiger partial charge on any atom is 0.231 e. The molecule has 0 saturated heterocycles. The van der Waals surface area contributed by atoms with Gasteiger partial charge in [0.1, 0.15) is 22.8 Å². The fourth-order valence-corrected chi connectivity index (χ4v) is 8.10. The molecular weight excluding hydrogens is 638 g/mol. The van der Waals surface area contributed by atoms with Crippen molar-refractivity contribution >= 4 is 17.3 Å². The van der Waals surface area contributed by atoms with Crippen LogP contribution in [0.3, 0.4) is 0 Å². The van der Waals surface area contributed by atoms with Crippen molar-refractivity contribution in [3.63, 3.8) is 0 Å². The largest absolute Gasteiger partial charge is 0.510 e. The first-order chi connectivity index (χ1) is 23.4. The van der Waals surface area contributed by atoms with E-state index in [-0.39, 0.29) is 31.1 Å². The van der Waals surface area contributed by atoms with Crippen LogP contribution in [0.5, 0.6) is 28.7 Å². The van der Waals surface area contributed by atoms with Gasteiger partial charge in [-0.25, -0.2) is 0 Å². The highest BCUT2D eigenvalue weighted by Gasteiger charge is 2.66. The summed E-state index contributed by atoms with van der Waals surface area (Å²) in [6.45, 7) is 0.995. The second-order valence-corrected chi connectivity index (χ2v) is 13.0. The fourth-order valence-electron chi connectivity index (χ4n) is 8.10. The summed E-state index contributed by atoms with van der Waals surface area (Å²) in [6, 6.07) is 10.7. The molecule has 0 aromatic heterocycles. The van der Waals surface area contributed by atoms with Gasteiger partial charge >= 0.3 is 0 Å². The predicted molar refractivity (Wildman–Crippen MR) is 170 cm³/mol. The predicted octanol–water partition coefficient (Wildman–Crippen LogP) is 2.99. The van der Waals surface area contributed by atoms with Crippen LogP contribution in [-0.4, -0.2) is 93.2 Å². The Morgan fingerprint density at radius 1 is 0.898 bits per heavy atom. The van der Waals surface area contributed by atoms with Gasteiger partial charge in [-0.3, -0.25) is 19.3 Å². The van der Waals surface area contributed by atoms with Gasteiger partial charge in [0.2, 0.25) is 19.4 Å². The van der Waals surface area contributed by atoms with E-state index in [1.807, 2.05) is 0 Å². The minimum Gasteiger partial charge on any atom is -0.510 e. The molecule has 0 saturated carbocycles. The molecule has 2 heterocycles. The number of fused-ring (bicyclic) bond motifs is 5. The number of rotatable bonds is 4. The number of Topliss-reactive ketones (excluding diaryl/α,β-unsaturated/α-hetero) is 3. The zero-order valence-corrected chi connectivity index (χ0v) is 26.5. The van der Waals surface area contributed by atoms with Crippen molar-refractivity contribution in [3.05, 3.63) is 76.3 Å². The minimum absolute atomic E-state index is 0.0219. The summed E-state index contributed by atoms with van der Waals surface area (Å²) < 4.78 is 22.4. The monoisotopic (exact) mass is 669 g/mol. The van der Waals surface area contributed by atoms with Crippen molar-refractivity contribution in [2.45, 2.75) is 31.1 Å². The molecule has 3 aromatic rings. The van der Waals surface area contributed by atoms with Gasteiger partial charge in [-0.2, -0.15) is 0 Å². The Morgan fingerprint density at radius 2 is 1.61 bits per heavy atom. The number of carbonyl (C=O) groups is 3. The van der Waals surface area contributed by atoms with E-state index in [2.05, 4.69) is 0 Å². The highest BCUT2D eigenvalue weighted by atomic mass is 16.7. The van der Waals surface area contributed by atoms with E-state index in [4.69, 9.17) is 18.9 Å². The van der Waals surface area contributed by atoms with E-state index in [0.29, 0.717) is 45.3 Å². The molecule has 3 aromatic carbocycles. The number of carbonyl (C=O) groups excluding carboxylic acids is 3. The number of likely N-dealkylation sites (N-methyl/N-ethyl adjacent to an activating group) is 1. The van der Waals surface area contributed by atoms with Crippen LogP contribution in [0.2, 0.25) is 0 Å². The molecular formula is C36H31NO12. The molecule has 0 unspecified atom stereocenters. The van der Waals surface area contributed by atoms with E-state index in [0.717, 1.165) is 6.92 Å². The van der Waals surface area contributed by atoms with Crippen molar-refractivity contribution in [1.82, 2.24) is 4.90 Å². The summed E-state index contributed by atoms with van der Waals surface area (Å²) in [5.41, 5.74) is -2.37. The zero-order valence-electron chi connectivity index (χ0n) is 26.5. The molecule has 5 N–H and O–H groups in total. The number of aliphatic hydroxyl groups excluding tert-OH is 3. The lowest BCUT2D eigenvalue weighted by Crippen LogP contribution is -2.68. The molecule has 5 atom stereocenters. The lowest BCUT2D eigenvalue weighted by Gasteiger charge is -2.52. The number of hydrogen-bond acceptors (Lipinski definition) is 13. The number of aromatic hydroxyl groups is 1. The van der Waals surface area contributed by atoms with E-state index in [9.17, 15) is 39.9 Å². The molecule has 2 aliphatic heterocycles. The number of hydrogen-bond donors (Lipinski definition) is 5. The number of phenols is 1. The van der Waals surface area contributed by atoms with E-state index >= 15 is 0 Å². The van der Waals surface area contributed by atoms with Crippen LogP contribution in [0.15, 0.2) is 65.1 Å². The number of ketones is 3. The zero-order chi connectivity index (χ0) is 34.7. The number of aliphatic hydroxyl groups is 4. The second-order valence-electron chi connectivity index (χ2n) is 13.0. The molecule has 49 heavy (non-hydrogen) atoms. The van der Waals surface area contributed by atoms with Crippen molar-refractivity contribution in [3.8, 4) is 51.0 Å². The number of ether oxygens (including phenoxy) is 4. The number of benzene rings is 3. The Hall–Kier alpha value is -5.37. The Morgan fingerprint density at radius 3 is 2.35 bits per heavy atom. The summed E-state index contributed by atoms with van der Waals surface area (Å²) in [5, 5.41) is 59.0. The highest BCUT2D eigenvalue weighted by molar-refractivity contribution is 6.25. The molecule has 8 rings (SSSR count). The van der Waals surface area contributed by atoms with Gasteiger partial charge in [0.15, 0.2) is 40.2 Å². The molecule has 0 radical (unpaired) electrons. The lowest BCUT2D eigenvalue weighted by atomic mass is 9.56. The Bertz CT molecular complexity index is 2100. The third-order valence-corrected chi connectivity index (χ3v) is 10.3. The van der Waals surface area contributed by atoms with Crippen LogP contribution in [0.4, 0.5) is 0 Å². The van der Waals surface area contributed by atoms with Gasteiger partial charge in [-0.1, -0.05) is 18.2 Å². The fraction of sp³-hybridized carbons (Fsp3) is 0.306. The maximum atomic E-state index is 14.7. The average Bonchev–Trinajstić information content (AvgIpc) is 3.74. The van der Waals surface area contributed by atoms with Crippen molar-refractivity contribution in [2.24, 2.45) is 11.8 Å². The molecule has 0 amide bonds. The third-order valence-electron chi connectivity index (χ3n) is 10.3. The van der Waals surface area contributed by atoms with E-state index in [1.165, 1.54) is 19.0 Å². The molecule has 0 fully saturated rings. The lowest BCUT2D eigenvalue weighted by molar-refractivity contribution is -0.161. The molecule has 3 aliphatic carbocycles. The van der Waals surface area contributed by atoms with Crippen LogP contribution in [0.25, 0.3) is 22.3 Å². The molecule has 0 bridgehead atoms. The van der Waals surface area contributed by atoms with Gasteiger partial charge in [-0.05, 0) is 68.4 Å². The number of nitrogens with zero attached hydrogens (tertiary/aromatic N) is 1. The van der Waals surface area contributed by atoms with Crippen LogP contribution >= 0.6 is 0 Å². The maximum absolute atomic E-state index is 14.7. The quantitative estimate of drug-likeness (QED) is 0.255. The third kappa shape index (κ3) is 4.06. The number of para-hydroxylation sites is 1. The first-order valence-corrected chi connectivity index (χ1v) is 15.6. The summed E-state index contributed by atoms with van der Waals surface area (Å²) in [7, 11) is 3.04. The van der Waals surface area contributed by atoms with Crippen LogP contribution < -0.4 is 18.9 Å². The Balaban J connectivity index is 1.39. The highest BCUT2D eigenvalue weighted by Crippen LogP contribution is 2.56. The Labute approximate surface area is 278 Å². The van der Waals surface area contributed by atoms with Crippen molar-refractivity contribution in [1.29, 1.82) is 0 Å². The first kappa shape index (κ1) is 30.9. The molecule has 13 nitrogen and oxygen atoms in total. The SMILES string of the molecule is CC(=O)C1=C(O)[C@@H](N(C)C)[C@@H]2[C@@H](O)[C@@H]3Cc4c(-c5ccc6c(c5)OCO6)cc(-c5cccc6c5OCO6)c(O)c4C(=O)C3=C(O)[C@]2(O)C1=O. The van der Waals surface area contributed by atoms with Crippen molar-refractivity contribution < 1.29 is 58.9 Å². The minimum atomic E-state index is -2.95. The van der Waals surface area contributed by atoms with Gasteiger partial charge < -0.3 is 44.5 Å². The second kappa shape index (κ2) is 10.6. The van der Waals surface area contributed by atoms with Crippen molar-refractivity contribution in [2.75, 3.05) is 27.7 Å². The molecule has 0 spiro atoms.